The van der Waals surface area contributed by atoms with Crippen molar-refractivity contribution in [1.82, 2.24) is 14.9 Å². The van der Waals surface area contributed by atoms with Gasteiger partial charge in [0.15, 0.2) is 0 Å². The van der Waals surface area contributed by atoms with Crippen molar-refractivity contribution in [2.75, 3.05) is 49.1 Å². The zero-order chi connectivity index (χ0) is 21.0. The summed E-state index contributed by atoms with van der Waals surface area (Å²) in [4.78, 5) is 30.1. The molecular weight excluding hydrogens is 386 g/mol. The SMILES string of the molecule is Cc1nc(N2CCCCC2)cc(N2CCN(C(=O)C34CC5CC(CC(C5)C3)C4)CC2)n1. The molecule has 0 unspecified atom stereocenters. The van der Waals surface area contributed by atoms with Gasteiger partial charge in [-0.1, -0.05) is 0 Å². The van der Waals surface area contributed by atoms with E-state index in [2.05, 4.69) is 20.8 Å². The highest BCUT2D eigenvalue weighted by molar-refractivity contribution is 5.83. The van der Waals surface area contributed by atoms with Crippen molar-refractivity contribution in [3.05, 3.63) is 11.9 Å². The van der Waals surface area contributed by atoms with Crippen molar-refractivity contribution < 1.29 is 4.79 Å². The zero-order valence-corrected chi connectivity index (χ0v) is 19.1. The van der Waals surface area contributed by atoms with Crippen molar-refractivity contribution in [2.45, 2.75) is 64.7 Å². The predicted molar refractivity (Wildman–Crippen MR) is 122 cm³/mol. The topological polar surface area (TPSA) is 52.6 Å². The second-order valence-corrected chi connectivity index (χ2v) is 11.2. The molecular formula is C25H37N5O. The maximum absolute atomic E-state index is 13.7. The van der Waals surface area contributed by atoms with Gasteiger partial charge in [0, 0.05) is 45.3 Å². The highest BCUT2D eigenvalue weighted by atomic mass is 16.2. The monoisotopic (exact) mass is 423 g/mol. The fourth-order valence-electron chi connectivity index (χ4n) is 7.83. The van der Waals surface area contributed by atoms with Crippen LogP contribution in [0.2, 0.25) is 0 Å². The van der Waals surface area contributed by atoms with Gasteiger partial charge in [-0.2, -0.15) is 0 Å². The van der Waals surface area contributed by atoms with E-state index in [-0.39, 0.29) is 5.41 Å². The summed E-state index contributed by atoms with van der Waals surface area (Å²) < 4.78 is 0. The first-order valence-electron chi connectivity index (χ1n) is 12.7. The normalized spacial score (nSPS) is 35.0. The highest BCUT2D eigenvalue weighted by Crippen LogP contribution is 2.60. The molecule has 0 atom stereocenters. The Bertz CT molecular complexity index is 805. The summed E-state index contributed by atoms with van der Waals surface area (Å²) in [7, 11) is 0. The predicted octanol–water partition coefficient (Wildman–Crippen LogP) is 3.64. The van der Waals surface area contributed by atoms with E-state index in [1.54, 1.807) is 0 Å². The minimum absolute atomic E-state index is 0.0101. The summed E-state index contributed by atoms with van der Waals surface area (Å²) in [6.07, 6.45) is 11.5. The van der Waals surface area contributed by atoms with Gasteiger partial charge in [-0.15, -0.1) is 0 Å². The van der Waals surface area contributed by atoms with E-state index in [0.29, 0.717) is 5.91 Å². The largest absolute Gasteiger partial charge is 0.356 e. The van der Waals surface area contributed by atoms with Crippen LogP contribution in [0.5, 0.6) is 0 Å². The van der Waals surface area contributed by atoms with E-state index in [9.17, 15) is 4.79 Å². The summed E-state index contributed by atoms with van der Waals surface area (Å²) in [5, 5.41) is 0. The van der Waals surface area contributed by atoms with Gasteiger partial charge in [-0.25, -0.2) is 9.97 Å². The Balaban J connectivity index is 1.13. The third-order valence-electron chi connectivity index (χ3n) is 8.87. The number of hydrogen-bond acceptors (Lipinski definition) is 5. The van der Waals surface area contributed by atoms with Crippen LogP contribution in [0.3, 0.4) is 0 Å². The van der Waals surface area contributed by atoms with Gasteiger partial charge in [0.25, 0.3) is 0 Å². The lowest BCUT2D eigenvalue weighted by molar-refractivity contribution is -0.158. The number of hydrogen-bond donors (Lipinski definition) is 0. The first kappa shape index (κ1) is 19.8. The molecule has 0 radical (unpaired) electrons. The Morgan fingerprint density at radius 1 is 0.806 bits per heavy atom. The number of nitrogens with zero attached hydrogens (tertiary/aromatic N) is 5. The summed E-state index contributed by atoms with van der Waals surface area (Å²) in [6, 6.07) is 2.18. The third kappa shape index (κ3) is 3.60. The summed E-state index contributed by atoms with van der Waals surface area (Å²) in [5.41, 5.74) is -0.0101. The lowest BCUT2D eigenvalue weighted by Crippen LogP contribution is -2.58. The summed E-state index contributed by atoms with van der Waals surface area (Å²) >= 11 is 0. The van der Waals surface area contributed by atoms with Crippen LogP contribution in [0.15, 0.2) is 6.07 Å². The van der Waals surface area contributed by atoms with Gasteiger partial charge in [0.1, 0.15) is 17.5 Å². The molecule has 7 rings (SSSR count). The number of piperidine rings is 1. The molecule has 4 bridgehead atoms. The smallest absolute Gasteiger partial charge is 0.228 e. The average Bonchev–Trinajstić information content (AvgIpc) is 2.78. The van der Waals surface area contributed by atoms with E-state index >= 15 is 0 Å². The summed E-state index contributed by atoms with van der Waals surface area (Å²) in [5.74, 6) is 5.93. The lowest BCUT2D eigenvalue weighted by atomic mass is 9.49. The molecule has 6 aliphatic rings. The molecule has 0 N–H and O–H groups in total. The molecule has 1 aromatic heterocycles. The molecule has 0 aromatic carbocycles. The Morgan fingerprint density at radius 3 is 1.87 bits per heavy atom. The number of piperazine rings is 1. The maximum atomic E-state index is 13.7. The number of aromatic nitrogens is 2. The molecule has 0 spiro atoms. The second-order valence-electron chi connectivity index (χ2n) is 11.2. The number of anilines is 2. The van der Waals surface area contributed by atoms with Gasteiger partial charge in [-0.05, 0) is 82.5 Å². The molecule has 4 aliphatic carbocycles. The minimum atomic E-state index is -0.0101. The first-order chi connectivity index (χ1) is 15.1. The van der Waals surface area contributed by atoms with Crippen molar-refractivity contribution in [3.8, 4) is 0 Å². The van der Waals surface area contributed by atoms with E-state index < -0.39 is 0 Å². The lowest BCUT2D eigenvalue weighted by Gasteiger charge is -2.57. The van der Waals surface area contributed by atoms with Crippen molar-refractivity contribution in [3.63, 3.8) is 0 Å². The Morgan fingerprint density at radius 2 is 1.32 bits per heavy atom. The molecule has 1 amide bonds. The second kappa shape index (κ2) is 7.63. The molecule has 2 aliphatic heterocycles. The Labute approximate surface area is 186 Å². The number of carbonyl (C=O) groups is 1. The average molecular weight is 424 g/mol. The molecule has 31 heavy (non-hydrogen) atoms. The fraction of sp³-hybridized carbons (Fsp3) is 0.800. The maximum Gasteiger partial charge on any atom is 0.228 e. The van der Waals surface area contributed by atoms with Gasteiger partial charge in [-0.3, -0.25) is 4.79 Å². The minimum Gasteiger partial charge on any atom is -0.356 e. The van der Waals surface area contributed by atoms with Crippen LogP contribution in [-0.2, 0) is 4.79 Å². The van der Waals surface area contributed by atoms with E-state index in [1.807, 2.05) is 6.92 Å². The molecule has 168 valence electrons. The molecule has 2 saturated heterocycles. The van der Waals surface area contributed by atoms with Gasteiger partial charge < -0.3 is 14.7 Å². The summed E-state index contributed by atoms with van der Waals surface area (Å²) in [6.45, 7) is 7.64. The number of aryl methyl sites for hydroxylation is 1. The van der Waals surface area contributed by atoms with Crippen molar-refractivity contribution in [2.24, 2.45) is 23.2 Å². The molecule has 6 heteroatoms. The van der Waals surface area contributed by atoms with Crippen molar-refractivity contribution >= 4 is 17.5 Å². The molecule has 1 aromatic rings. The third-order valence-corrected chi connectivity index (χ3v) is 8.87. The Hall–Kier alpha value is -1.85. The van der Waals surface area contributed by atoms with E-state index in [0.717, 1.165) is 74.5 Å². The van der Waals surface area contributed by atoms with Crippen LogP contribution in [0.1, 0.15) is 63.6 Å². The van der Waals surface area contributed by atoms with Crippen molar-refractivity contribution in [1.29, 1.82) is 0 Å². The number of rotatable bonds is 3. The van der Waals surface area contributed by atoms with Gasteiger partial charge in [0.05, 0.1) is 5.41 Å². The van der Waals surface area contributed by atoms with Crippen LogP contribution >= 0.6 is 0 Å². The van der Waals surface area contributed by atoms with E-state index in [1.165, 1.54) is 57.8 Å². The first-order valence-corrected chi connectivity index (χ1v) is 12.7. The number of amides is 1. The van der Waals surface area contributed by atoms with Crippen LogP contribution in [0.4, 0.5) is 11.6 Å². The van der Waals surface area contributed by atoms with Gasteiger partial charge in [0.2, 0.25) is 5.91 Å². The standard InChI is InChI=1S/C25H37N5O/c1-18-26-22(28-5-3-2-4-6-28)14-23(27-18)29-7-9-30(10-8-29)24(31)25-15-19-11-20(16-25)13-21(12-19)17-25/h14,19-21H,2-13,15-17H2,1H3. The number of carbonyl (C=O) groups excluding carboxylic acids is 1. The van der Waals surface area contributed by atoms with E-state index in [4.69, 9.17) is 9.97 Å². The molecule has 6 nitrogen and oxygen atoms in total. The molecule has 6 fully saturated rings. The van der Waals surface area contributed by atoms with Crippen LogP contribution < -0.4 is 9.80 Å². The van der Waals surface area contributed by atoms with Crippen LogP contribution in [-0.4, -0.2) is 60.0 Å². The molecule has 4 saturated carbocycles. The highest BCUT2D eigenvalue weighted by Gasteiger charge is 2.55. The fourth-order valence-corrected chi connectivity index (χ4v) is 7.83. The quantitative estimate of drug-likeness (QED) is 0.743. The van der Waals surface area contributed by atoms with Gasteiger partial charge >= 0.3 is 0 Å². The van der Waals surface area contributed by atoms with Crippen LogP contribution in [0, 0.1) is 30.1 Å². The Kier molecular flexibility index (Phi) is 4.87. The zero-order valence-electron chi connectivity index (χ0n) is 19.1. The van der Waals surface area contributed by atoms with Crippen LogP contribution in [0.25, 0.3) is 0 Å². The molecule has 3 heterocycles.